The SMILES string of the molecule is CCO[C@@H]1C[C@@H](O)C12CCN(C(=O)C1(c3cccc(F)c3)CC1)CC2. The molecule has 1 aromatic carbocycles. The maximum Gasteiger partial charge on any atom is 0.233 e. The van der Waals surface area contributed by atoms with Gasteiger partial charge in [0.1, 0.15) is 5.82 Å². The van der Waals surface area contributed by atoms with Crippen molar-refractivity contribution >= 4 is 5.91 Å². The number of hydrogen-bond acceptors (Lipinski definition) is 3. The molecule has 25 heavy (non-hydrogen) atoms. The molecule has 2 saturated carbocycles. The summed E-state index contributed by atoms with van der Waals surface area (Å²) in [6, 6.07) is 6.46. The fourth-order valence-electron chi connectivity index (χ4n) is 4.78. The minimum Gasteiger partial charge on any atom is -0.392 e. The van der Waals surface area contributed by atoms with E-state index in [1.54, 1.807) is 6.07 Å². The first-order valence-corrected chi connectivity index (χ1v) is 9.37. The van der Waals surface area contributed by atoms with Crippen LogP contribution in [0.15, 0.2) is 24.3 Å². The fraction of sp³-hybridized carbons (Fsp3) is 0.650. The third-order valence-electron chi connectivity index (χ3n) is 6.63. The molecule has 0 radical (unpaired) electrons. The summed E-state index contributed by atoms with van der Waals surface area (Å²) in [6.45, 7) is 3.93. The Morgan fingerprint density at radius 2 is 2.04 bits per heavy atom. The van der Waals surface area contributed by atoms with Crippen LogP contribution in [0.25, 0.3) is 0 Å². The molecular weight excluding hydrogens is 321 g/mol. The summed E-state index contributed by atoms with van der Waals surface area (Å²) in [7, 11) is 0. The van der Waals surface area contributed by atoms with Crippen molar-refractivity contribution in [1.29, 1.82) is 0 Å². The molecule has 4 nitrogen and oxygen atoms in total. The highest BCUT2D eigenvalue weighted by Gasteiger charge is 2.58. The third kappa shape index (κ3) is 2.59. The molecule has 1 N–H and O–H groups in total. The standard InChI is InChI=1S/C20H26FNO3/c1-2-25-17-13-16(23)20(17)8-10-22(11-9-20)18(24)19(6-7-19)14-4-3-5-15(21)12-14/h3-5,12,16-17,23H,2,6-11,13H2,1H3/t16-,17-/m1/s1. The molecular formula is C20H26FNO3. The number of nitrogens with zero attached hydrogens (tertiary/aromatic N) is 1. The number of carbonyl (C=O) groups excluding carboxylic acids is 1. The first-order valence-electron chi connectivity index (χ1n) is 9.37. The lowest BCUT2D eigenvalue weighted by molar-refractivity contribution is -0.210. The number of rotatable bonds is 4. The number of likely N-dealkylation sites (tertiary alicyclic amines) is 1. The molecule has 0 unspecified atom stereocenters. The number of piperidine rings is 1. The molecule has 3 aliphatic rings. The fourth-order valence-corrected chi connectivity index (χ4v) is 4.78. The van der Waals surface area contributed by atoms with E-state index in [0.717, 1.165) is 31.2 Å². The van der Waals surface area contributed by atoms with E-state index in [-0.39, 0.29) is 29.3 Å². The lowest BCUT2D eigenvalue weighted by Gasteiger charge is -2.56. The normalized spacial score (nSPS) is 29.3. The van der Waals surface area contributed by atoms with Crippen molar-refractivity contribution in [1.82, 2.24) is 4.90 Å². The molecule has 1 aliphatic heterocycles. The number of hydrogen-bond donors (Lipinski definition) is 1. The van der Waals surface area contributed by atoms with Gasteiger partial charge >= 0.3 is 0 Å². The first kappa shape index (κ1) is 17.0. The average Bonchev–Trinajstić information content (AvgIpc) is 3.43. The summed E-state index contributed by atoms with van der Waals surface area (Å²) in [4.78, 5) is 15.0. The topological polar surface area (TPSA) is 49.8 Å². The molecule has 0 bridgehead atoms. The van der Waals surface area contributed by atoms with Crippen LogP contribution in [0.5, 0.6) is 0 Å². The van der Waals surface area contributed by atoms with E-state index in [0.29, 0.717) is 26.1 Å². The van der Waals surface area contributed by atoms with Crippen molar-refractivity contribution < 1.29 is 19.0 Å². The molecule has 1 heterocycles. The van der Waals surface area contributed by atoms with Crippen LogP contribution in [0.1, 0.15) is 44.6 Å². The van der Waals surface area contributed by atoms with E-state index in [2.05, 4.69) is 0 Å². The Bertz CT molecular complexity index is 663. The number of aliphatic hydroxyl groups is 1. The van der Waals surface area contributed by atoms with Crippen LogP contribution in [0.3, 0.4) is 0 Å². The van der Waals surface area contributed by atoms with Gasteiger partial charge in [0.2, 0.25) is 5.91 Å². The van der Waals surface area contributed by atoms with Crippen LogP contribution in [0, 0.1) is 11.2 Å². The summed E-state index contributed by atoms with van der Waals surface area (Å²) in [5, 5.41) is 10.3. The maximum atomic E-state index is 13.6. The second kappa shape index (κ2) is 6.06. The third-order valence-corrected chi connectivity index (χ3v) is 6.63. The lowest BCUT2D eigenvalue weighted by atomic mass is 9.58. The molecule has 136 valence electrons. The monoisotopic (exact) mass is 347 g/mol. The zero-order chi connectivity index (χ0) is 17.7. The zero-order valence-corrected chi connectivity index (χ0v) is 14.7. The molecule has 3 fully saturated rings. The molecule has 1 saturated heterocycles. The molecule has 1 amide bonds. The number of carbonyl (C=O) groups is 1. The number of benzene rings is 1. The molecule has 2 aliphatic carbocycles. The quantitative estimate of drug-likeness (QED) is 0.911. The van der Waals surface area contributed by atoms with Crippen LogP contribution >= 0.6 is 0 Å². The zero-order valence-electron chi connectivity index (χ0n) is 14.7. The van der Waals surface area contributed by atoms with Gasteiger partial charge in [-0.05, 0) is 50.3 Å². The van der Waals surface area contributed by atoms with Crippen LogP contribution in [0.4, 0.5) is 4.39 Å². The molecule has 2 atom stereocenters. The Morgan fingerprint density at radius 1 is 1.32 bits per heavy atom. The highest BCUT2D eigenvalue weighted by Crippen LogP contribution is 2.53. The molecule has 1 spiro atoms. The summed E-state index contributed by atoms with van der Waals surface area (Å²) in [6.07, 6.45) is 3.65. The van der Waals surface area contributed by atoms with Crippen molar-refractivity contribution in [3.8, 4) is 0 Å². The predicted molar refractivity (Wildman–Crippen MR) is 91.6 cm³/mol. The van der Waals surface area contributed by atoms with E-state index < -0.39 is 5.41 Å². The minimum atomic E-state index is -0.524. The van der Waals surface area contributed by atoms with Gasteiger partial charge in [-0.1, -0.05) is 12.1 Å². The Morgan fingerprint density at radius 3 is 2.60 bits per heavy atom. The maximum absolute atomic E-state index is 13.6. The predicted octanol–water partition coefficient (Wildman–Crippen LogP) is 2.64. The second-order valence-electron chi connectivity index (χ2n) is 7.81. The van der Waals surface area contributed by atoms with Gasteiger partial charge in [0.05, 0.1) is 17.6 Å². The molecule has 4 rings (SSSR count). The van der Waals surface area contributed by atoms with Crippen molar-refractivity contribution in [2.45, 2.75) is 56.7 Å². The van der Waals surface area contributed by atoms with Gasteiger partial charge in [-0.25, -0.2) is 4.39 Å². The van der Waals surface area contributed by atoms with Crippen LogP contribution in [-0.4, -0.2) is 47.8 Å². The van der Waals surface area contributed by atoms with Gasteiger partial charge in [0.25, 0.3) is 0 Å². The lowest BCUT2D eigenvalue weighted by Crippen LogP contribution is -2.63. The van der Waals surface area contributed by atoms with E-state index in [1.807, 2.05) is 17.9 Å². The second-order valence-corrected chi connectivity index (χ2v) is 7.81. The van der Waals surface area contributed by atoms with E-state index in [4.69, 9.17) is 4.74 Å². The first-order chi connectivity index (χ1) is 12.0. The summed E-state index contributed by atoms with van der Waals surface area (Å²) >= 11 is 0. The van der Waals surface area contributed by atoms with Crippen LogP contribution < -0.4 is 0 Å². The van der Waals surface area contributed by atoms with Crippen LogP contribution in [-0.2, 0) is 14.9 Å². The Labute approximate surface area is 148 Å². The van der Waals surface area contributed by atoms with Gasteiger partial charge in [0, 0.05) is 31.5 Å². The van der Waals surface area contributed by atoms with E-state index >= 15 is 0 Å². The highest BCUT2D eigenvalue weighted by molar-refractivity contribution is 5.91. The highest BCUT2D eigenvalue weighted by atomic mass is 19.1. The van der Waals surface area contributed by atoms with Gasteiger partial charge in [-0.3, -0.25) is 4.79 Å². The minimum absolute atomic E-state index is 0.114. The Kier molecular flexibility index (Phi) is 4.12. The van der Waals surface area contributed by atoms with Gasteiger partial charge in [-0.2, -0.15) is 0 Å². The van der Waals surface area contributed by atoms with E-state index in [1.165, 1.54) is 12.1 Å². The summed E-state index contributed by atoms with van der Waals surface area (Å²) in [5.41, 5.74) is 0.0978. The number of ether oxygens (including phenoxy) is 1. The number of aliphatic hydroxyl groups excluding tert-OH is 1. The van der Waals surface area contributed by atoms with Gasteiger partial charge in [-0.15, -0.1) is 0 Å². The van der Waals surface area contributed by atoms with Crippen molar-refractivity contribution in [3.05, 3.63) is 35.6 Å². The Balaban J connectivity index is 1.45. The average molecular weight is 347 g/mol. The van der Waals surface area contributed by atoms with Crippen molar-refractivity contribution in [3.63, 3.8) is 0 Å². The number of halogens is 1. The van der Waals surface area contributed by atoms with Gasteiger partial charge in [0.15, 0.2) is 0 Å². The van der Waals surface area contributed by atoms with Crippen molar-refractivity contribution in [2.75, 3.05) is 19.7 Å². The number of amides is 1. The molecule has 1 aromatic rings. The molecule has 5 heteroatoms. The van der Waals surface area contributed by atoms with Gasteiger partial charge < -0.3 is 14.7 Å². The van der Waals surface area contributed by atoms with Crippen molar-refractivity contribution in [2.24, 2.45) is 5.41 Å². The van der Waals surface area contributed by atoms with Crippen LogP contribution in [0.2, 0.25) is 0 Å². The van der Waals surface area contributed by atoms with E-state index in [9.17, 15) is 14.3 Å². The molecule has 0 aromatic heterocycles. The summed E-state index contributed by atoms with van der Waals surface area (Å²) in [5.74, 6) is -0.166. The largest absolute Gasteiger partial charge is 0.392 e. The Hall–Kier alpha value is -1.46. The summed E-state index contributed by atoms with van der Waals surface area (Å²) < 4.78 is 19.4. The smallest absolute Gasteiger partial charge is 0.233 e.